The molecule has 13 heteroatoms. The average molecular weight is 716 g/mol. The molecule has 0 saturated heterocycles. The molecule has 0 fully saturated rings. The lowest BCUT2D eigenvalue weighted by molar-refractivity contribution is -0.143. The normalized spacial score (nSPS) is 12.5. The molecule has 3 rings (SSSR count). The van der Waals surface area contributed by atoms with E-state index < -0.39 is 66.8 Å². The van der Waals surface area contributed by atoms with Crippen molar-refractivity contribution in [2.75, 3.05) is 19.7 Å². The Morgan fingerprint density at radius 1 is 0.673 bits per heavy atom. The first-order chi connectivity index (χ1) is 25.0. The molecule has 52 heavy (non-hydrogen) atoms. The van der Waals surface area contributed by atoms with Crippen LogP contribution in [0.25, 0.3) is 0 Å². The number of esters is 1. The number of rotatable bonds is 21. The summed E-state index contributed by atoms with van der Waals surface area (Å²) in [5.41, 5.74) is 8.11. The van der Waals surface area contributed by atoms with E-state index in [-0.39, 0.29) is 31.9 Å². The summed E-state index contributed by atoms with van der Waals surface area (Å²) in [5.74, 6) is -2.87. The highest BCUT2D eigenvalue weighted by atomic mass is 16.5. The van der Waals surface area contributed by atoms with Crippen LogP contribution >= 0.6 is 0 Å². The number of ether oxygens (including phenoxy) is 2. The van der Waals surface area contributed by atoms with Gasteiger partial charge >= 0.3 is 12.1 Å². The van der Waals surface area contributed by atoms with E-state index >= 15 is 0 Å². The largest absolute Gasteiger partial charge is 0.456 e. The van der Waals surface area contributed by atoms with Gasteiger partial charge in [0, 0.05) is 18.5 Å². The summed E-state index contributed by atoms with van der Waals surface area (Å²) < 4.78 is 10.3. The van der Waals surface area contributed by atoms with Crippen LogP contribution in [-0.2, 0) is 41.7 Å². The Morgan fingerprint density at radius 2 is 1.27 bits per heavy atom. The number of nitrogens with two attached hydrogens (primary N) is 1. The third-order valence-corrected chi connectivity index (χ3v) is 7.88. The third-order valence-electron chi connectivity index (χ3n) is 7.88. The van der Waals surface area contributed by atoms with E-state index in [1.54, 1.807) is 30.3 Å². The number of hydrogen-bond acceptors (Lipinski definition) is 9. The highest BCUT2D eigenvalue weighted by molar-refractivity contribution is 5.98. The monoisotopic (exact) mass is 715 g/mol. The van der Waals surface area contributed by atoms with Crippen LogP contribution in [0, 0.1) is 5.92 Å². The molecule has 13 nitrogen and oxygen atoms in total. The van der Waals surface area contributed by atoms with Crippen LogP contribution < -0.4 is 27.0 Å². The van der Waals surface area contributed by atoms with Crippen LogP contribution in [-0.4, -0.2) is 73.4 Å². The predicted molar refractivity (Wildman–Crippen MR) is 195 cm³/mol. The number of carbonyl (C=O) groups excluding carboxylic acids is 6. The van der Waals surface area contributed by atoms with Crippen molar-refractivity contribution < 1.29 is 38.2 Å². The number of ketones is 1. The van der Waals surface area contributed by atoms with Gasteiger partial charge in [0.2, 0.25) is 17.7 Å². The Labute approximate surface area is 304 Å². The molecule has 3 aromatic carbocycles. The van der Waals surface area contributed by atoms with Crippen LogP contribution in [0.1, 0.15) is 61.0 Å². The van der Waals surface area contributed by atoms with E-state index in [0.717, 1.165) is 11.1 Å². The molecule has 0 aliphatic carbocycles. The number of unbranched alkanes of at least 4 members (excludes halogenated alkanes) is 1. The van der Waals surface area contributed by atoms with Gasteiger partial charge in [0.05, 0.1) is 6.04 Å². The van der Waals surface area contributed by atoms with E-state index in [1.807, 2.05) is 74.5 Å². The molecule has 0 aliphatic heterocycles. The molecule has 0 aromatic heterocycles. The van der Waals surface area contributed by atoms with Gasteiger partial charge in [-0.05, 0) is 42.7 Å². The zero-order valence-electron chi connectivity index (χ0n) is 29.7. The third kappa shape index (κ3) is 15.5. The highest BCUT2D eigenvalue weighted by Gasteiger charge is 2.29. The van der Waals surface area contributed by atoms with Crippen LogP contribution in [0.5, 0.6) is 0 Å². The minimum absolute atomic E-state index is 0.118. The average Bonchev–Trinajstić information content (AvgIpc) is 3.15. The number of Topliss-reactive ketones (excluding diaryl/α,β-unsaturated/α-hetero) is 1. The molecule has 0 aliphatic rings. The minimum atomic E-state index is -1.12. The SMILES string of the molecule is CC(C)C[C@H](N)C(=O)N[C@@H](Cc1ccccc1)C(=O)N[C@@H](CCCCNC(=O)OCc1ccccc1)C(=O)NCC(=O)OCC(=O)c1ccccc1. The fraction of sp³-hybridized carbons (Fsp3) is 0.385. The second-order valence-electron chi connectivity index (χ2n) is 12.7. The van der Waals surface area contributed by atoms with Gasteiger partial charge in [-0.1, -0.05) is 105 Å². The molecule has 3 aromatic rings. The first-order valence-electron chi connectivity index (χ1n) is 17.4. The smallest absolute Gasteiger partial charge is 0.407 e. The maximum absolute atomic E-state index is 13.7. The summed E-state index contributed by atoms with van der Waals surface area (Å²) in [6, 6.07) is 23.6. The predicted octanol–water partition coefficient (Wildman–Crippen LogP) is 3.21. The van der Waals surface area contributed by atoms with Crippen molar-refractivity contribution in [3.63, 3.8) is 0 Å². The van der Waals surface area contributed by atoms with E-state index in [0.29, 0.717) is 24.8 Å². The molecular weight excluding hydrogens is 666 g/mol. The summed E-state index contributed by atoms with van der Waals surface area (Å²) in [7, 11) is 0. The maximum atomic E-state index is 13.7. The quantitative estimate of drug-likeness (QED) is 0.0625. The minimum Gasteiger partial charge on any atom is -0.456 e. The fourth-order valence-electron chi connectivity index (χ4n) is 5.12. The van der Waals surface area contributed by atoms with Crippen LogP contribution in [0.3, 0.4) is 0 Å². The lowest BCUT2D eigenvalue weighted by Crippen LogP contribution is -2.56. The second-order valence-corrected chi connectivity index (χ2v) is 12.7. The molecule has 0 saturated carbocycles. The molecule has 6 N–H and O–H groups in total. The zero-order chi connectivity index (χ0) is 37.7. The number of nitrogens with one attached hydrogen (secondary N) is 4. The molecule has 278 valence electrons. The van der Waals surface area contributed by atoms with Gasteiger partial charge in [0.1, 0.15) is 25.2 Å². The number of benzene rings is 3. The van der Waals surface area contributed by atoms with Crippen molar-refractivity contribution in [1.29, 1.82) is 0 Å². The molecule has 0 spiro atoms. The van der Waals surface area contributed by atoms with Gasteiger partial charge in [-0.15, -0.1) is 0 Å². The first kappa shape index (κ1) is 40.9. The fourth-order valence-corrected chi connectivity index (χ4v) is 5.12. The highest BCUT2D eigenvalue weighted by Crippen LogP contribution is 2.09. The van der Waals surface area contributed by atoms with Gasteiger partial charge in [-0.25, -0.2) is 4.79 Å². The van der Waals surface area contributed by atoms with Crippen molar-refractivity contribution in [2.45, 2.75) is 70.7 Å². The lowest BCUT2D eigenvalue weighted by atomic mass is 10.0. The molecule has 0 radical (unpaired) electrons. The van der Waals surface area contributed by atoms with Gasteiger partial charge in [0.15, 0.2) is 12.4 Å². The van der Waals surface area contributed by atoms with Crippen molar-refractivity contribution in [1.82, 2.24) is 21.3 Å². The first-order valence-corrected chi connectivity index (χ1v) is 17.4. The molecule has 0 heterocycles. The lowest BCUT2D eigenvalue weighted by Gasteiger charge is -2.25. The Hall–Kier alpha value is -5.56. The standard InChI is InChI=1S/C39H49N5O8/c1-27(2)22-31(40)36(47)44-33(23-28-14-6-3-7-15-28)38(49)43-32(20-12-13-21-41-39(50)52-25-29-16-8-4-9-17-29)37(48)42-24-35(46)51-26-34(45)30-18-10-5-11-19-30/h3-11,14-19,27,31-33H,12-13,20-26,40H2,1-2H3,(H,41,50)(H,42,48)(H,43,49)(H,44,47)/t31-,32-,33-/m0/s1. The van der Waals surface area contributed by atoms with Crippen LogP contribution in [0.4, 0.5) is 4.79 Å². The summed E-state index contributed by atoms with van der Waals surface area (Å²) in [5, 5.41) is 10.6. The van der Waals surface area contributed by atoms with Crippen molar-refractivity contribution in [2.24, 2.45) is 11.7 Å². The molecule has 0 bridgehead atoms. The van der Waals surface area contributed by atoms with E-state index in [1.165, 1.54) is 0 Å². The molecule has 4 amide bonds. The van der Waals surface area contributed by atoms with Crippen molar-refractivity contribution in [3.8, 4) is 0 Å². The van der Waals surface area contributed by atoms with Crippen molar-refractivity contribution >= 4 is 35.6 Å². The maximum Gasteiger partial charge on any atom is 0.407 e. The summed E-state index contributed by atoms with van der Waals surface area (Å²) >= 11 is 0. The Bertz CT molecular complexity index is 1590. The Kier molecular flexibility index (Phi) is 17.5. The second kappa shape index (κ2) is 22.3. The topological polar surface area (TPSA) is 195 Å². The number of hydrogen-bond donors (Lipinski definition) is 5. The van der Waals surface area contributed by atoms with Crippen LogP contribution in [0.15, 0.2) is 91.0 Å². The summed E-state index contributed by atoms with van der Waals surface area (Å²) in [4.78, 5) is 77.0. The molecule has 0 unspecified atom stereocenters. The zero-order valence-corrected chi connectivity index (χ0v) is 29.7. The number of carbonyl (C=O) groups is 6. The summed E-state index contributed by atoms with van der Waals surface area (Å²) in [6.45, 7) is 3.19. The van der Waals surface area contributed by atoms with Crippen LogP contribution in [0.2, 0.25) is 0 Å². The van der Waals surface area contributed by atoms with E-state index in [4.69, 9.17) is 15.2 Å². The van der Waals surface area contributed by atoms with Crippen molar-refractivity contribution in [3.05, 3.63) is 108 Å². The van der Waals surface area contributed by atoms with E-state index in [9.17, 15) is 28.8 Å². The van der Waals surface area contributed by atoms with Gasteiger partial charge in [-0.3, -0.25) is 24.0 Å². The van der Waals surface area contributed by atoms with E-state index in [2.05, 4.69) is 21.3 Å². The van der Waals surface area contributed by atoms with Gasteiger partial charge < -0.3 is 36.5 Å². The summed E-state index contributed by atoms with van der Waals surface area (Å²) in [6.07, 6.45) is 0.930. The number of alkyl carbamates (subject to hydrolysis) is 1. The number of amides is 4. The Balaban J connectivity index is 1.62. The van der Waals surface area contributed by atoms with Gasteiger partial charge in [0.25, 0.3) is 0 Å². The van der Waals surface area contributed by atoms with Gasteiger partial charge in [-0.2, -0.15) is 0 Å². The molecule has 3 atom stereocenters. The molecular formula is C39H49N5O8. The Morgan fingerprint density at radius 3 is 1.90 bits per heavy atom.